The summed E-state index contributed by atoms with van der Waals surface area (Å²) in [6.07, 6.45) is 3.60. The molecule has 1 heterocycles. The lowest BCUT2D eigenvalue weighted by Gasteiger charge is -2.03. The summed E-state index contributed by atoms with van der Waals surface area (Å²) in [5, 5.41) is 10.4. The zero-order chi connectivity index (χ0) is 9.38. The van der Waals surface area contributed by atoms with Crippen molar-refractivity contribution in [2.24, 2.45) is 10.2 Å². The van der Waals surface area contributed by atoms with Crippen molar-refractivity contribution in [3.63, 3.8) is 0 Å². The van der Waals surface area contributed by atoms with E-state index in [0.717, 1.165) is 11.1 Å². The standard InChI is InChI=1S/C12H8N2/c1-3-9-4-2-6-11-8-14-13-7-10(5-1)12(9)11/h1-8H. The van der Waals surface area contributed by atoms with Crippen LogP contribution in [0.2, 0.25) is 0 Å². The summed E-state index contributed by atoms with van der Waals surface area (Å²) in [5.74, 6) is 0. The van der Waals surface area contributed by atoms with Crippen molar-refractivity contribution in [2.45, 2.75) is 0 Å². The van der Waals surface area contributed by atoms with Crippen molar-refractivity contribution in [1.82, 2.24) is 0 Å². The van der Waals surface area contributed by atoms with Crippen LogP contribution in [0.15, 0.2) is 46.6 Å². The molecular weight excluding hydrogens is 172 g/mol. The molecule has 0 spiro atoms. The second-order valence-electron chi connectivity index (χ2n) is 3.28. The Morgan fingerprint density at radius 1 is 0.714 bits per heavy atom. The molecule has 0 unspecified atom stereocenters. The molecular formula is C12H8N2. The summed E-state index contributed by atoms with van der Waals surface area (Å²) < 4.78 is 0. The molecule has 1 aliphatic rings. The smallest absolute Gasteiger partial charge is 0.0574 e. The first-order valence-corrected chi connectivity index (χ1v) is 4.53. The van der Waals surface area contributed by atoms with Crippen molar-refractivity contribution < 1.29 is 0 Å². The first-order chi connectivity index (χ1) is 6.95. The predicted molar refractivity (Wildman–Crippen MR) is 59.1 cm³/mol. The van der Waals surface area contributed by atoms with Crippen LogP contribution < -0.4 is 0 Å². The molecule has 2 heteroatoms. The third-order valence-corrected chi connectivity index (χ3v) is 2.43. The monoisotopic (exact) mass is 180 g/mol. The first-order valence-electron chi connectivity index (χ1n) is 4.53. The summed E-state index contributed by atoms with van der Waals surface area (Å²) >= 11 is 0. The Kier molecular flexibility index (Phi) is 1.47. The summed E-state index contributed by atoms with van der Waals surface area (Å²) in [4.78, 5) is 0. The Bertz CT molecular complexity index is 507. The number of benzene rings is 2. The van der Waals surface area contributed by atoms with Crippen LogP contribution >= 0.6 is 0 Å². The summed E-state index contributed by atoms with van der Waals surface area (Å²) in [5.41, 5.74) is 2.27. The molecule has 0 amide bonds. The first kappa shape index (κ1) is 7.44. The quantitative estimate of drug-likeness (QED) is 0.595. The molecule has 0 radical (unpaired) electrons. The van der Waals surface area contributed by atoms with Crippen molar-refractivity contribution in [3.8, 4) is 0 Å². The van der Waals surface area contributed by atoms with Gasteiger partial charge in [-0.2, -0.15) is 10.2 Å². The van der Waals surface area contributed by atoms with E-state index in [-0.39, 0.29) is 0 Å². The highest BCUT2D eigenvalue weighted by atomic mass is 15.2. The third kappa shape index (κ3) is 0.973. The van der Waals surface area contributed by atoms with Gasteiger partial charge in [0, 0.05) is 11.1 Å². The topological polar surface area (TPSA) is 24.7 Å². The van der Waals surface area contributed by atoms with E-state index < -0.39 is 0 Å². The summed E-state index contributed by atoms with van der Waals surface area (Å²) in [6, 6.07) is 12.4. The molecule has 66 valence electrons. The molecule has 0 aliphatic carbocycles. The van der Waals surface area contributed by atoms with E-state index in [1.165, 1.54) is 10.8 Å². The molecule has 14 heavy (non-hydrogen) atoms. The molecule has 0 atom stereocenters. The lowest BCUT2D eigenvalue weighted by molar-refractivity contribution is 1.27. The van der Waals surface area contributed by atoms with E-state index in [2.05, 4.69) is 34.5 Å². The fourth-order valence-electron chi connectivity index (χ4n) is 1.81. The van der Waals surface area contributed by atoms with Crippen molar-refractivity contribution in [3.05, 3.63) is 47.5 Å². The Balaban J connectivity index is 2.56. The lowest BCUT2D eigenvalue weighted by Crippen LogP contribution is -1.87. The number of rotatable bonds is 0. The Morgan fingerprint density at radius 2 is 1.29 bits per heavy atom. The van der Waals surface area contributed by atoms with Gasteiger partial charge in [0.15, 0.2) is 0 Å². The normalized spacial score (nSPS) is 13.1. The molecule has 2 aromatic rings. The van der Waals surface area contributed by atoms with Gasteiger partial charge in [-0.05, 0) is 10.8 Å². The fourth-order valence-corrected chi connectivity index (χ4v) is 1.81. The van der Waals surface area contributed by atoms with Crippen molar-refractivity contribution in [1.29, 1.82) is 0 Å². The average molecular weight is 180 g/mol. The Morgan fingerprint density at radius 3 is 1.86 bits per heavy atom. The van der Waals surface area contributed by atoms with Crippen LogP contribution in [0.25, 0.3) is 10.8 Å². The molecule has 0 saturated heterocycles. The van der Waals surface area contributed by atoms with Crippen LogP contribution in [0.3, 0.4) is 0 Å². The number of hydrogen-bond acceptors (Lipinski definition) is 2. The number of nitrogens with zero attached hydrogens (tertiary/aromatic N) is 2. The second kappa shape index (κ2) is 2.77. The minimum absolute atomic E-state index is 1.13. The minimum Gasteiger partial charge on any atom is -0.158 e. The van der Waals surface area contributed by atoms with Crippen molar-refractivity contribution in [2.75, 3.05) is 0 Å². The van der Waals surface area contributed by atoms with Crippen LogP contribution in [0.4, 0.5) is 0 Å². The van der Waals surface area contributed by atoms with Gasteiger partial charge in [-0.25, -0.2) is 0 Å². The molecule has 0 N–H and O–H groups in total. The lowest BCUT2D eigenvalue weighted by atomic mass is 10.0. The van der Waals surface area contributed by atoms with E-state index in [9.17, 15) is 0 Å². The van der Waals surface area contributed by atoms with E-state index in [4.69, 9.17) is 0 Å². The molecule has 0 fully saturated rings. The van der Waals surface area contributed by atoms with Gasteiger partial charge in [0.2, 0.25) is 0 Å². The zero-order valence-electron chi connectivity index (χ0n) is 7.51. The molecule has 0 aromatic heterocycles. The van der Waals surface area contributed by atoms with Crippen LogP contribution in [-0.4, -0.2) is 12.4 Å². The highest BCUT2D eigenvalue weighted by Crippen LogP contribution is 2.22. The predicted octanol–water partition coefficient (Wildman–Crippen LogP) is 2.61. The van der Waals surface area contributed by atoms with Gasteiger partial charge in [0.1, 0.15) is 0 Å². The maximum absolute atomic E-state index is 3.96. The minimum atomic E-state index is 1.13. The highest BCUT2D eigenvalue weighted by molar-refractivity contribution is 6.09. The van der Waals surface area contributed by atoms with Crippen LogP contribution in [0.5, 0.6) is 0 Å². The molecule has 1 aliphatic heterocycles. The number of hydrogen-bond donors (Lipinski definition) is 0. The summed E-state index contributed by atoms with van der Waals surface area (Å²) in [7, 11) is 0. The molecule has 2 nitrogen and oxygen atoms in total. The van der Waals surface area contributed by atoms with Gasteiger partial charge in [0.25, 0.3) is 0 Å². The molecule has 0 saturated carbocycles. The maximum atomic E-state index is 3.96. The van der Waals surface area contributed by atoms with Gasteiger partial charge >= 0.3 is 0 Å². The second-order valence-corrected chi connectivity index (χ2v) is 3.28. The van der Waals surface area contributed by atoms with Gasteiger partial charge in [-0.1, -0.05) is 36.4 Å². The van der Waals surface area contributed by atoms with Gasteiger partial charge in [-0.15, -0.1) is 0 Å². The zero-order valence-corrected chi connectivity index (χ0v) is 7.51. The Labute approximate surface area is 81.6 Å². The molecule has 2 aromatic carbocycles. The molecule has 3 rings (SSSR count). The van der Waals surface area contributed by atoms with Gasteiger partial charge in [-0.3, -0.25) is 0 Å². The highest BCUT2D eigenvalue weighted by Gasteiger charge is 2.04. The van der Waals surface area contributed by atoms with E-state index in [1.807, 2.05) is 12.1 Å². The van der Waals surface area contributed by atoms with Crippen LogP contribution in [0, 0.1) is 0 Å². The van der Waals surface area contributed by atoms with E-state index >= 15 is 0 Å². The largest absolute Gasteiger partial charge is 0.158 e. The van der Waals surface area contributed by atoms with Crippen LogP contribution in [0.1, 0.15) is 11.1 Å². The Hall–Kier alpha value is -1.96. The van der Waals surface area contributed by atoms with Gasteiger partial charge in [0.05, 0.1) is 12.4 Å². The van der Waals surface area contributed by atoms with Crippen molar-refractivity contribution >= 4 is 23.2 Å². The molecule has 0 bridgehead atoms. The average Bonchev–Trinajstić information content (AvgIpc) is 2.44. The van der Waals surface area contributed by atoms with Crippen LogP contribution in [-0.2, 0) is 0 Å². The maximum Gasteiger partial charge on any atom is 0.0574 e. The van der Waals surface area contributed by atoms with E-state index in [0.29, 0.717) is 0 Å². The SMILES string of the molecule is C1=NN=Cc2cccc3cccc1c23. The van der Waals surface area contributed by atoms with Gasteiger partial charge < -0.3 is 0 Å². The fraction of sp³-hybridized carbons (Fsp3) is 0. The van der Waals surface area contributed by atoms with E-state index in [1.54, 1.807) is 12.4 Å². The summed E-state index contributed by atoms with van der Waals surface area (Å²) in [6.45, 7) is 0. The third-order valence-electron chi connectivity index (χ3n) is 2.43.